The lowest BCUT2D eigenvalue weighted by Crippen LogP contribution is -2.41. The summed E-state index contributed by atoms with van der Waals surface area (Å²) in [7, 11) is 0. The van der Waals surface area contributed by atoms with E-state index in [1.165, 1.54) is 12.8 Å². The van der Waals surface area contributed by atoms with Crippen LogP contribution >= 0.6 is 12.4 Å². The molecule has 5 heteroatoms. The van der Waals surface area contributed by atoms with Gasteiger partial charge in [0.05, 0.1) is 0 Å². The van der Waals surface area contributed by atoms with Crippen LogP contribution in [0.25, 0.3) is 0 Å². The van der Waals surface area contributed by atoms with E-state index in [2.05, 4.69) is 11.4 Å². The van der Waals surface area contributed by atoms with Crippen molar-refractivity contribution in [2.75, 3.05) is 19.7 Å². The normalized spacial score (nSPS) is 23.6. The Morgan fingerprint density at radius 3 is 2.86 bits per heavy atom. The quantitative estimate of drug-likeness (QED) is 0.928. The van der Waals surface area contributed by atoms with Crippen molar-refractivity contribution in [2.24, 2.45) is 0 Å². The van der Waals surface area contributed by atoms with Gasteiger partial charge in [-0.05, 0) is 50.3 Å². The summed E-state index contributed by atoms with van der Waals surface area (Å²) in [6.45, 7) is 5.86. The predicted octanol–water partition coefficient (Wildman–Crippen LogP) is 2.46. The van der Waals surface area contributed by atoms with Gasteiger partial charge in [-0.25, -0.2) is 0 Å². The molecule has 4 nitrogen and oxygen atoms in total. The highest BCUT2D eigenvalue weighted by Crippen LogP contribution is 2.21. The second-order valence-corrected chi connectivity index (χ2v) is 6.32. The number of halogens is 1. The van der Waals surface area contributed by atoms with Crippen LogP contribution < -0.4 is 10.1 Å². The number of ether oxygens (including phenoxy) is 1. The molecule has 122 valence electrons. The minimum atomic E-state index is 0. The maximum atomic E-state index is 12.4. The zero-order chi connectivity index (χ0) is 14.8. The molecule has 1 N–H and O–H groups in total. The number of hydrogen-bond acceptors (Lipinski definition) is 3. The molecular formula is C17H25ClN2O2. The average molecular weight is 325 g/mol. The summed E-state index contributed by atoms with van der Waals surface area (Å²) in [5, 5.41) is 3.59. The summed E-state index contributed by atoms with van der Waals surface area (Å²) < 4.78 is 5.74. The Labute approximate surface area is 138 Å². The van der Waals surface area contributed by atoms with Gasteiger partial charge in [-0.2, -0.15) is 0 Å². The maximum absolute atomic E-state index is 12.4. The minimum Gasteiger partial charge on any atom is -0.483 e. The Morgan fingerprint density at radius 2 is 2.05 bits per heavy atom. The van der Waals surface area contributed by atoms with Gasteiger partial charge >= 0.3 is 0 Å². The Morgan fingerprint density at radius 1 is 1.27 bits per heavy atom. The van der Waals surface area contributed by atoms with Crippen molar-refractivity contribution >= 4 is 18.3 Å². The molecule has 2 aliphatic heterocycles. The van der Waals surface area contributed by atoms with Crippen molar-refractivity contribution in [3.8, 4) is 5.75 Å². The topological polar surface area (TPSA) is 41.6 Å². The first kappa shape index (κ1) is 17.1. The molecule has 2 unspecified atom stereocenters. The van der Waals surface area contributed by atoms with Crippen LogP contribution in [0.3, 0.4) is 0 Å². The van der Waals surface area contributed by atoms with E-state index in [0.717, 1.165) is 36.4 Å². The lowest BCUT2D eigenvalue weighted by Gasteiger charge is -2.24. The molecule has 2 aliphatic rings. The van der Waals surface area contributed by atoms with E-state index in [-0.39, 0.29) is 24.9 Å². The van der Waals surface area contributed by atoms with E-state index >= 15 is 0 Å². The largest absolute Gasteiger partial charge is 0.483 e. The van der Waals surface area contributed by atoms with Crippen molar-refractivity contribution < 1.29 is 9.53 Å². The second-order valence-electron chi connectivity index (χ2n) is 6.32. The molecule has 1 aromatic rings. The number of fused-ring (bicyclic) bond motifs is 2. The standard InChI is InChI=1S/C17H24N2O2.ClH/c1-12-3-4-13(2)16(9-12)21-11-17(20)19-8-7-14-5-6-15(10-19)18-14;/h3-4,9,14-15,18H,5-8,10-11H2,1-2H3;1H. The monoisotopic (exact) mass is 324 g/mol. The van der Waals surface area contributed by atoms with E-state index in [1.54, 1.807) is 0 Å². The molecule has 2 heterocycles. The highest BCUT2D eigenvalue weighted by atomic mass is 35.5. The third-order valence-electron chi connectivity index (χ3n) is 4.57. The van der Waals surface area contributed by atoms with Crippen LogP contribution in [-0.4, -0.2) is 42.6 Å². The van der Waals surface area contributed by atoms with Gasteiger partial charge < -0.3 is 15.0 Å². The predicted molar refractivity (Wildman–Crippen MR) is 89.8 cm³/mol. The number of rotatable bonds is 3. The van der Waals surface area contributed by atoms with Gasteiger partial charge in [0.2, 0.25) is 0 Å². The number of nitrogens with zero attached hydrogens (tertiary/aromatic N) is 1. The Kier molecular flexibility index (Phi) is 5.70. The molecule has 2 saturated heterocycles. The number of aryl methyl sites for hydroxylation is 2. The van der Waals surface area contributed by atoms with Crippen LogP contribution in [0.5, 0.6) is 5.75 Å². The molecule has 0 radical (unpaired) electrons. The summed E-state index contributed by atoms with van der Waals surface area (Å²) in [5.74, 6) is 0.920. The van der Waals surface area contributed by atoms with Crippen molar-refractivity contribution in [3.63, 3.8) is 0 Å². The Bertz CT molecular complexity index is 535. The van der Waals surface area contributed by atoms with E-state index < -0.39 is 0 Å². The molecule has 0 aliphatic carbocycles. The van der Waals surface area contributed by atoms with E-state index in [0.29, 0.717) is 12.1 Å². The summed E-state index contributed by atoms with van der Waals surface area (Å²) in [6, 6.07) is 7.16. The van der Waals surface area contributed by atoms with Crippen molar-refractivity contribution in [1.82, 2.24) is 10.2 Å². The third kappa shape index (κ3) is 3.93. The Balaban J connectivity index is 0.00000176. The van der Waals surface area contributed by atoms with Crippen LogP contribution in [0, 0.1) is 13.8 Å². The van der Waals surface area contributed by atoms with E-state index in [4.69, 9.17) is 4.74 Å². The van der Waals surface area contributed by atoms with Gasteiger partial charge in [0.25, 0.3) is 5.91 Å². The first-order valence-electron chi connectivity index (χ1n) is 7.85. The molecule has 22 heavy (non-hydrogen) atoms. The van der Waals surface area contributed by atoms with Gasteiger partial charge in [-0.1, -0.05) is 12.1 Å². The molecule has 1 aromatic carbocycles. The number of carbonyl (C=O) groups is 1. The van der Waals surface area contributed by atoms with Crippen molar-refractivity contribution in [1.29, 1.82) is 0 Å². The zero-order valence-electron chi connectivity index (χ0n) is 13.3. The molecule has 0 aromatic heterocycles. The number of benzene rings is 1. The molecule has 0 spiro atoms. The summed E-state index contributed by atoms with van der Waals surface area (Å²) in [5.41, 5.74) is 2.23. The van der Waals surface area contributed by atoms with E-state index in [1.807, 2.05) is 30.9 Å². The van der Waals surface area contributed by atoms with Crippen molar-refractivity contribution in [3.05, 3.63) is 29.3 Å². The number of likely N-dealkylation sites (tertiary alicyclic amines) is 1. The van der Waals surface area contributed by atoms with Gasteiger partial charge in [0.15, 0.2) is 6.61 Å². The van der Waals surface area contributed by atoms with Gasteiger partial charge in [-0.3, -0.25) is 4.79 Å². The zero-order valence-corrected chi connectivity index (χ0v) is 14.1. The average Bonchev–Trinajstić information content (AvgIpc) is 2.79. The smallest absolute Gasteiger partial charge is 0.260 e. The van der Waals surface area contributed by atoms with Crippen LogP contribution in [0.4, 0.5) is 0 Å². The van der Waals surface area contributed by atoms with Crippen molar-refractivity contribution in [2.45, 2.75) is 45.2 Å². The molecule has 2 atom stereocenters. The molecule has 0 saturated carbocycles. The fraction of sp³-hybridized carbons (Fsp3) is 0.588. The molecule has 2 fully saturated rings. The lowest BCUT2D eigenvalue weighted by molar-refractivity contribution is -0.133. The molecule has 2 bridgehead atoms. The van der Waals surface area contributed by atoms with Crippen LogP contribution in [0.2, 0.25) is 0 Å². The SMILES string of the molecule is Cc1ccc(C)c(OCC(=O)N2CCC3CCC(C2)N3)c1.Cl. The summed E-state index contributed by atoms with van der Waals surface area (Å²) in [6.07, 6.45) is 3.50. The number of carbonyl (C=O) groups excluding carboxylic acids is 1. The molecular weight excluding hydrogens is 300 g/mol. The fourth-order valence-corrected chi connectivity index (χ4v) is 3.26. The lowest BCUT2D eigenvalue weighted by atomic mass is 10.1. The van der Waals surface area contributed by atoms with Crippen LogP contribution in [0.15, 0.2) is 18.2 Å². The number of nitrogens with one attached hydrogen (secondary N) is 1. The number of hydrogen-bond donors (Lipinski definition) is 1. The van der Waals surface area contributed by atoms with Gasteiger partial charge in [0.1, 0.15) is 5.75 Å². The minimum absolute atomic E-state index is 0. The van der Waals surface area contributed by atoms with E-state index in [9.17, 15) is 4.79 Å². The van der Waals surface area contributed by atoms with Gasteiger partial charge in [-0.15, -0.1) is 12.4 Å². The summed E-state index contributed by atoms with van der Waals surface area (Å²) in [4.78, 5) is 14.3. The summed E-state index contributed by atoms with van der Waals surface area (Å²) >= 11 is 0. The van der Waals surface area contributed by atoms with Crippen LogP contribution in [-0.2, 0) is 4.79 Å². The first-order valence-corrected chi connectivity index (χ1v) is 7.85. The maximum Gasteiger partial charge on any atom is 0.260 e. The fourth-order valence-electron chi connectivity index (χ4n) is 3.26. The van der Waals surface area contributed by atoms with Gasteiger partial charge in [0, 0.05) is 25.2 Å². The first-order chi connectivity index (χ1) is 10.1. The molecule has 3 rings (SSSR count). The third-order valence-corrected chi connectivity index (χ3v) is 4.57. The Hall–Kier alpha value is -1.26. The highest BCUT2D eigenvalue weighted by Gasteiger charge is 2.31. The van der Waals surface area contributed by atoms with Crippen LogP contribution in [0.1, 0.15) is 30.4 Å². The highest BCUT2D eigenvalue weighted by molar-refractivity contribution is 5.85. The second kappa shape index (κ2) is 7.34. The number of amides is 1. The molecule has 1 amide bonds.